The number of carbonyl (C=O) groups is 3. The lowest BCUT2D eigenvalue weighted by Crippen LogP contribution is -2.49. The molecule has 1 spiro atoms. The summed E-state index contributed by atoms with van der Waals surface area (Å²) >= 11 is 6.14. The van der Waals surface area contributed by atoms with Crippen LogP contribution < -0.4 is 15.2 Å². The summed E-state index contributed by atoms with van der Waals surface area (Å²) in [5, 5.41) is 28.5. The summed E-state index contributed by atoms with van der Waals surface area (Å²) in [6, 6.07) is 10.0. The number of alkyl halides is 3. The van der Waals surface area contributed by atoms with Crippen molar-refractivity contribution in [2.45, 2.75) is 43.6 Å². The van der Waals surface area contributed by atoms with Crippen LogP contribution in [0.1, 0.15) is 35.2 Å². The normalized spacial score (nSPS) is 19.8. The van der Waals surface area contributed by atoms with Crippen LogP contribution in [0.25, 0.3) is 0 Å². The summed E-state index contributed by atoms with van der Waals surface area (Å²) < 4.78 is 43.8. The molecular weight excluding hydrogens is 611 g/mol. The number of carbonyl (C=O) groups excluding carboxylic acids is 2. The van der Waals surface area contributed by atoms with E-state index in [2.05, 4.69) is 4.90 Å². The fourth-order valence-electron chi connectivity index (χ4n) is 5.52. The number of hydrogen-bond acceptors (Lipinski definition) is 8. The molecule has 1 unspecified atom stereocenters. The van der Waals surface area contributed by atoms with E-state index in [-0.39, 0.29) is 47.6 Å². The lowest BCUT2D eigenvalue weighted by molar-refractivity contribution is -0.192. The molecular formula is C29H33ClF3N3O8. The molecule has 2 fully saturated rings. The van der Waals surface area contributed by atoms with Crippen LogP contribution in [0.3, 0.4) is 0 Å². The predicted molar refractivity (Wildman–Crippen MR) is 151 cm³/mol. The minimum absolute atomic E-state index is 0.0320. The molecule has 0 aromatic heterocycles. The smallest absolute Gasteiger partial charge is 0.490 e. The number of piperidine rings is 1. The molecule has 0 saturated carbocycles. The zero-order valence-electron chi connectivity index (χ0n) is 23.6. The molecule has 2 atom stereocenters. The lowest BCUT2D eigenvalue weighted by atomic mass is 9.87. The van der Waals surface area contributed by atoms with Crippen LogP contribution in [0.4, 0.5) is 13.2 Å². The second-order valence-corrected chi connectivity index (χ2v) is 11.5. The van der Waals surface area contributed by atoms with Gasteiger partial charge >= 0.3 is 12.1 Å². The number of likely N-dealkylation sites (tertiary alicyclic amines) is 2. The third-order valence-corrected chi connectivity index (χ3v) is 8.08. The van der Waals surface area contributed by atoms with Crippen LogP contribution in [-0.2, 0) is 16.0 Å². The average molecular weight is 644 g/mol. The number of carboxylic acids is 1. The number of aromatic hydroxyl groups is 1. The quantitative estimate of drug-likeness (QED) is 0.355. The molecule has 5 N–H and O–H groups in total. The molecule has 2 aromatic carbocycles. The summed E-state index contributed by atoms with van der Waals surface area (Å²) in [6.07, 6.45) is -2.81. The van der Waals surface area contributed by atoms with Gasteiger partial charge in [0.25, 0.3) is 5.91 Å². The zero-order chi connectivity index (χ0) is 32.2. The number of aliphatic hydroxyl groups is 1. The Kier molecular flexibility index (Phi) is 10.2. The van der Waals surface area contributed by atoms with E-state index in [1.165, 1.54) is 18.2 Å². The third-order valence-electron chi connectivity index (χ3n) is 7.85. The van der Waals surface area contributed by atoms with Gasteiger partial charge in [-0.15, -0.1) is 0 Å². The standard InChI is InChI=1S/C27H32ClN3O6.C2HF3O2/c28-19-1-4-23-18(11-19)13-27(37-23)6-9-30(10-7-27)15-21(33)16-36-24-12-20(32)2-3-22(24)26(35)31-8-5-17(14-31)25(29)34;3-2(4,5)1(6)7/h1-4,11-12,17,21,32-33H,5-10,13-16H2,(H2,29,34);(H,6,7)/t17?,21-;/m0./s1. The second-order valence-electron chi connectivity index (χ2n) is 11.1. The summed E-state index contributed by atoms with van der Waals surface area (Å²) in [7, 11) is 0. The highest BCUT2D eigenvalue weighted by Crippen LogP contribution is 2.42. The first-order valence-electron chi connectivity index (χ1n) is 13.9. The number of phenols is 1. The molecule has 2 aromatic rings. The number of benzene rings is 2. The number of nitrogens with zero attached hydrogens (tertiary/aromatic N) is 2. The van der Waals surface area contributed by atoms with E-state index in [1.54, 1.807) is 4.90 Å². The maximum atomic E-state index is 13.1. The second kappa shape index (κ2) is 13.5. The number of β-amino-alcohol motifs (C(OH)–C–C–N with tert-alkyl or cyclic N) is 1. The SMILES string of the molecule is NC(=O)C1CCN(C(=O)c2ccc(O)cc2OC[C@@H](O)CN2CCC3(CC2)Cc2cc(Cl)ccc2O3)C1.O=C(O)C(F)(F)F. The molecule has 0 bridgehead atoms. The van der Waals surface area contributed by atoms with Gasteiger partial charge in [-0.25, -0.2) is 4.79 Å². The molecule has 240 valence electrons. The fraction of sp³-hybridized carbons (Fsp3) is 0.483. The monoisotopic (exact) mass is 643 g/mol. The van der Waals surface area contributed by atoms with Crippen LogP contribution in [-0.4, -0.2) is 100 Å². The van der Waals surface area contributed by atoms with Gasteiger partial charge in [0.2, 0.25) is 5.91 Å². The molecule has 2 saturated heterocycles. The summed E-state index contributed by atoms with van der Waals surface area (Å²) in [6.45, 7) is 2.64. The van der Waals surface area contributed by atoms with Gasteiger partial charge in [0.05, 0.1) is 11.5 Å². The number of aliphatic hydroxyl groups excluding tert-OH is 1. The number of carboxylic acid groups (broad SMARTS) is 1. The van der Waals surface area contributed by atoms with Gasteiger partial charge in [0, 0.05) is 63.1 Å². The van der Waals surface area contributed by atoms with Gasteiger partial charge in [0.1, 0.15) is 35.6 Å². The Morgan fingerprint density at radius 2 is 1.82 bits per heavy atom. The van der Waals surface area contributed by atoms with E-state index in [1.807, 2.05) is 18.2 Å². The van der Waals surface area contributed by atoms with Crippen molar-refractivity contribution >= 4 is 29.4 Å². The molecule has 44 heavy (non-hydrogen) atoms. The first-order chi connectivity index (χ1) is 20.7. The maximum Gasteiger partial charge on any atom is 0.490 e. The molecule has 5 rings (SSSR count). The maximum absolute atomic E-state index is 13.1. The lowest BCUT2D eigenvalue weighted by Gasteiger charge is -2.39. The van der Waals surface area contributed by atoms with E-state index in [0.717, 1.165) is 43.7 Å². The Hall–Kier alpha value is -3.75. The average Bonchev–Trinajstić information content (AvgIpc) is 3.58. The van der Waals surface area contributed by atoms with Crippen LogP contribution in [0.15, 0.2) is 36.4 Å². The van der Waals surface area contributed by atoms with Crippen molar-refractivity contribution in [1.82, 2.24) is 9.80 Å². The summed E-state index contributed by atoms with van der Waals surface area (Å²) in [5.41, 5.74) is 6.58. The number of amides is 2. The van der Waals surface area contributed by atoms with E-state index in [0.29, 0.717) is 24.5 Å². The van der Waals surface area contributed by atoms with Gasteiger partial charge in [-0.3, -0.25) is 9.59 Å². The molecule has 0 radical (unpaired) electrons. The van der Waals surface area contributed by atoms with Crippen molar-refractivity contribution in [1.29, 1.82) is 0 Å². The number of rotatable bonds is 7. The highest BCUT2D eigenvalue weighted by Gasteiger charge is 2.42. The number of hydrogen-bond donors (Lipinski definition) is 4. The van der Waals surface area contributed by atoms with Gasteiger partial charge in [-0.1, -0.05) is 11.6 Å². The highest BCUT2D eigenvalue weighted by molar-refractivity contribution is 6.30. The minimum Gasteiger partial charge on any atom is -0.508 e. The minimum atomic E-state index is -5.08. The number of primary amides is 1. The van der Waals surface area contributed by atoms with Crippen molar-refractivity contribution in [3.8, 4) is 17.2 Å². The van der Waals surface area contributed by atoms with E-state index >= 15 is 0 Å². The predicted octanol–water partition coefficient (Wildman–Crippen LogP) is 2.84. The number of nitrogens with two attached hydrogens (primary N) is 1. The van der Waals surface area contributed by atoms with Crippen LogP contribution in [0.2, 0.25) is 5.02 Å². The van der Waals surface area contributed by atoms with Gasteiger partial charge < -0.3 is 40.3 Å². The Bertz CT molecular complexity index is 1380. The van der Waals surface area contributed by atoms with Gasteiger partial charge in [-0.05, 0) is 42.3 Å². The van der Waals surface area contributed by atoms with Crippen LogP contribution in [0, 0.1) is 5.92 Å². The van der Waals surface area contributed by atoms with Crippen LogP contribution >= 0.6 is 11.6 Å². The van der Waals surface area contributed by atoms with Gasteiger partial charge in [0.15, 0.2) is 0 Å². The molecule has 2 amide bonds. The van der Waals surface area contributed by atoms with E-state index in [9.17, 15) is 33.0 Å². The van der Waals surface area contributed by atoms with E-state index < -0.39 is 24.2 Å². The summed E-state index contributed by atoms with van der Waals surface area (Å²) in [5.74, 6) is -2.78. The molecule has 3 aliphatic heterocycles. The van der Waals surface area contributed by atoms with Crippen molar-refractivity contribution in [3.05, 3.63) is 52.5 Å². The molecule has 3 aliphatic rings. The number of halogens is 4. The van der Waals surface area contributed by atoms with Crippen molar-refractivity contribution in [2.75, 3.05) is 39.3 Å². The van der Waals surface area contributed by atoms with E-state index in [4.69, 9.17) is 36.7 Å². The largest absolute Gasteiger partial charge is 0.508 e. The number of phenolic OH excluding ortho intramolecular Hbond substituents is 1. The number of aliphatic carboxylic acids is 1. The summed E-state index contributed by atoms with van der Waals surface area (Å²) in [4.78, 5) is 37.2. The Balaban J connectivity index is 0.000000566. The topological polar surface area (TPSA) is 163 Å². The number of ether oxygens (including phenoxy) is 2. The molecule has 3 heterocycles. The first kappa shape index (κ1) is 33.1. The fourth-order valence-corrected chi connectivity index (χ4v) is 5.71. The zero-order valence-corrected chi connectivity index (χ0v) is 24.3. The third kappa shape index (κ3) is 8.24. The highest BCUT2D eigenvalue weighted by atomic mass is 35.5. The molecule has 11 nitrogen and oxygen atoms in total. The number of fused-ring (bicyclic) bond motifs is 1. The Morgan fingerprint density at radius 1 is 1.14 bits per heavy atom. The molecule has 15 heteroatoms. The first-order valence-corrected chi connectivity index (χ1v) is 14.3. The van der Waals surface area contributed by atoms with Crippen molar-refractivity contribution in [2.24, 2.45) is 11.7 Å². The Morgan fingerprint density at radius 3 is 2.43 bits per heavy atom. The van der Waals surface area contributed by atoms with Crippen molar-refractivity contribution < 1.29 is 52.3 Å². The Labute approximate surface area is 255 Å². The van der Waals surface area contributed by atoms with Gasteiger partial charge in [-0.2, -0.15) is 13.2 Å². The molecule has 0 aliphatic carbocycles. The van der Waals surface area contributed by atoms with Crippen LogP contribution in [0.5, 0.6) is 17.2 Å². The van der Waals surface area contributed by atoms with Crippen molar-refractivity contribution in [3.63, 3.8) is 0 Å².